The second kappa shape index (κ2) is 7.30. The highest BCUT2D eigenvalue weighted by Gasteiger charge is 2.44. The lowest BCUT2D eigenvalue weighted by atomic mass is 10.1. The Morgan fingerprint density at radius 3 is 2.27 bits per heavy atom. The van der Waals surface area contributed by atoms with Gasteiger partial charge in [-0.3, -0.25) is 0 Å². The number of rotatable bonds is 5. The molecule has 0 aliphatic rings. The minimum absolute atomic E-state index is 0.142. The van der Waals surface area contributed by atoms with Gasteiger partial charge in [-0.2, -0.15) is 13.2 Å². The van der Waals surface area contributed by atoms with Crippen LogP contribution in [0.15, 0.2) is 47.9 Å². The molecule has 0 fully saturated rings. The predicted molar refractivity (Wildman–Crippen MR) is 80.5 cm³/mol. The van der Waals surface area contributed by atoms with E-state index >= 15 is 0 Å². The molecule has 0 aliphatic heterocycles. The van der Waals surface area contributed by atoms with Crippen LogP contribution in [-0.4, -0.2) is 27.0 Å². The fourth-order valence-corrected chi connectivity index (χ4v) is 3.02. The first-order valence-electron chi connectivity index (χ1n) is 6.43. The molecule has 1 heterocycles. The minimum atomic E-state index is -4.41. The third-order valence-electron chi connectivity index (χ3n) is 2.85. The van der Waals surface area contributed by atoms with E-state index in [2.05, 4.69) is 9.97 Å². The number of nitrogens with zero attached hydrogens (tertiary/aromatic N) is 3. The largest absolute Gasteiger partial charge is 0.408 e. The average molecular weight is 348 g/mol. The van der Waals surface area contributed by atoms with Gasteiger partial charge in [0.05, 0.1) is 4.90 Å². The zero-order valence-electron chi connectivity index (χ0n) is 11.6. The van der Waals surface area contributed by atoms with Crippen LogP contribution in [-0.2, 0) is 0 Å². The molecule has 2 rings (SSSR count). The molecule has 118 valence electrons. The molecule has 0 radical (unpaired) electrons. The third-order valence-corrected chi connectivity index (χ3v) is 4.23. The fraction of sp³-hybridized carbons (Fsp3) is 0.286. The maximum absolute atomic E-state index is 13.5. The molecule has 0 spiro atoms. The Hall–Kier alpha value is -1.31. The van der Waals surface area contributed by atoms with E-state index in [0.717, 1.165) is 11.9 Å². The van der Waals surface area contributed by atoms with Gasteiger partial charge < -0.3 is 0 Å². The topological polar surface area (TPSA) is 29.0 Å². The Labute approximate surface area is 135 Å². The van der Waals surface area contributed by atoms with Crippen LogP contribution in [0.3, 0.4) is 0 Å². The van der Waals surface area contributed by atoms with Crippen molar-refractivity contribution in [3.63, 3.8) is 0 Å². The first kappa shape index (κ1) is 17.1. The second-order valence-corrected chi connectivity index (χ2v) is 5.95. The van der Waals surface area contributed by atoms with Crippen molar-refractivity contribution in [2.75, 3.05) is 6.54 Å². The minimum Gasteiger partial charge on any atom is -0.244 e. The molecular formula is C14H13ClF3N3S. The summed E-state index contributed by atoms with van der Waals surface area (Å²) in [5, 5.41) is 0.400. The molecule has 0 bridgehead atoms. The van der Waals surface area contributed by atoms with Crippen molar-refractivity contribution in [2.24, 2.45) is 0 Å². The quantitative estimate of drug-likeness (QED) is 0.729. The molecule has 1 atom stereocenters. The zero-order valence-corrected chi connectivity index (χ0v) is 13.2. The van der Waals surface area contributed by atoms with Crippen LogP contribution in [0.4, 0.5) is 13.2 Å². The molecule has 0 N–H and O–H groups in total. The predicted octanol–water partition coefficient (Wildman–Crippen LogP) is 4.76. The van der Waals surface area contributed by atoms with Crippen LogP contribution in [0.1, 0.15) is 18.5 Å². The van der Waals surface area contributed by atoms with E-state index in [-0.39, 0.29) is 12.1 Å². The highest BCUT2D eigenvalue weighted by molar-refractivity contribution is 7.97. The van der Waals surface area contributed by atoms with E-state index in [1.54, 1.807) is 6.92 Å². The smallest absolute Gasteiger partial charge is 0.244 e. The Bertz CT molecular complexity index is 593. The summed E-state index contributed by atoms with van der Waals surface area (Å²) >= 11 is 6.74. The maximum atomic E-state index is 13.5. The van der Waals surface area contributed by atoms with Gasteiger partial charge in [0.1, 0.15) is 12.4 Å². The summed E-state index contributed by atoms with van der Waals surface area (Å²) in [6, 6.07) is 3.97. The third kappa shape index (κ3) is 4.34. The lowest BCUT2D eigenvalue weighted by molar-refractivity contribution is -0.172. The van der Waals surface area contributed by atoms with Crippen LogP contribution >= 0.6 is 23.5 Å². The van der Waals surface area contributed by atoms with Gasteiger partial charge in [-0.05, 0) is 29.6 Å². The van der Waals surface area contributed by atoms with Crippen molar-refractivity contribution in [3.05, 3.63) is 53.6 Å². The van der Waals surface area contributed by atoms with Gasteiger partial charge >= 0.3 is 6.18 Å². The maximum Gasteiger partial charge on any atom is 0.408 e. The summed E-state index contributed by atoms with van der Waals surface area (Å²) in [4.78, 5) is 8.19. The van der Waals surface area contributed by atoms with Crippen molar-refractivity contribution >= 4 is 23.5 Å². The summed E-state index contributed by atoms with van der Waals surface area (Å²) in [5.41, 5.74) is 0.142. The van der Waals surface area contributed by atoms with E-state index in [0.29, 0.717) is 9.92 Å². The van der Waals surface area contributed by atoms with Crippen molar-refractivity contribution < 1.29 is 13.2 Å². The van der Waals surface area contributed by atoms with Gasteiger partial charge in [0.15, 0.2) is 0 Å². The monoisotopic (exact) mass is 347 g/mol. The molecule has 0 saturated carbocycles. The number of hydrogen-bond acceptors (Lipinski definition) is 4. The zero-order chi connectivity index (χ0) is 16.2. The van der Waals surface area contributed by atoms with E-state index in [1.165, 1.54) is 47.3 Å². The van der Waals surface area contributed by atoms with Gasteiger partial charge in [0.2, 0.25) is 0 Å². The van der Waals surface area contributed by atoms with Crippen LogP contribution < -0.4 is 0 Å². The number of aromatic nitrogens is 2. The van der Waals surface area contributed by atoms with E-state index in [1.807, 2.05) is 0 Å². The Balaban J connectivity index is 2.32. The standard InChI is InChI=1S/C14H13ClF3N3S/c1-2-21(22-12-7-19-9-20-8-12)13(14(16,17)18)10-3-5-11(15)6-4-10/h3-9,13H,2H2,1H3/t13-/m1/s1. The lowest BCUT2D eigenvalue weighted by Crippen LogP contribution is -2.34. The summed E-state index contributed by atoms with van der Waals surface area (Å²) < 4.78 is 41.8. The van der Waals surface area contributed by atoms with Crippen molar-refractivity contribution in [1.82, 2.24) is 14.3 Å². The highest BCUT2D eigenvalue weighted by atomic mass is 35.5. The lowest BCUT2D eigenvalue weighted by Gasteiger charge is -2.31. The summed E-state index contributed by atoms with van der Waals surface area (Å²) in [5.74, 6) is 0. The summed E-state index contributed by atoms with van der Waals surface area (Å²) in [6.45, 7) is 1.87. The molecule has 1 aromatic carbocycles. The van der Waals surface area contributed by atoms with Gasteiger partial charge in [-0.25, -0.2) is 14.3 Å². The molecular weight excluding hydrogens is 335 g/mol. The van der Waals surface area contributed by atoms with Crippen LogP contribution in [0, 0.1) is 0 Å². The number of hydrogen-bond donors (Lipinski definition) is 0. The Morgan fingerprint density at radius 2 is 1.77 bits per heavy atom. The van der Waals surface area contributed by atoms with E-state index in [4.69, 9.17) is 11.6 Å². The first-order chi connectivity index (χ1) is 10.4. The number of alkyl halides is 3. The Kier molecular flexibility index (Phi) is 5.66. The SMILES string of the molecule is CCN(Sc1cncnc1)[C@H](c1ccc(Cl)cc1)C(F)(F)F. The van der Waals surface area contributed by atoms with Crippen LogP contribution in [0.25, 0.3) is 0 Å². The molecule has 1 aromatic heterocycles. The molecule has 22 heavy (non-hydrogen) atoms. The average Bonchev–Trinajstić information content (AvgIpc) is 2.48. The number of halogens is 4. The van der Waals surface area contributed by atoms with E-state index < -0.39 is 12.2 Å². The molecule has 0 unspecified atom stereocenters. The summed E-state index contributed by atoms with van der Waals surface area (Å²) in [7, 11) is 0. The van der Waals surface area contributed by atoms with Gasteiger partial charge in [0.25, 0.3) is 0 Å². The molecule has 0 saturated heterocycles. The molecule has 0 amide bonds. The molecule has 2 aromatic rings. The molecule has 0 aliphatic carbocycles. The first-order valence-corrected chi connectivity index (χ1v) is 7.58. The van der Waals surface area contributed by atoms with Gasteiger partial charge in [-0.15, -0.1) is 0 Å². The second-order valence-electron chi connectivity index (χ2n) is 4.39. The van der Waals surface area contributed by atoms with Crippen LogP contribution in [0.5, 0.6) is 0 Å². The summed E-state index contributed by atoms with van der Waals surface area (Å²) in [6.07, 6.45) is -0.113. The highest BCUT2D eigenvalue weighted by Crippen LogP contribution is 2.42. The number of benzene rings is 1. The van der Waals surface area contributed by atoms with Crippen molar-refractivity contribution in [1.29, 1.82) is 0 Å². The van der Waals surface area contributed by atoms with Gasteiger partial charge in [0, 0.05) is 24.0 Å². The Morgan fingerprint density at radius 1 is 1.18 bits per heavy atom. The fourth-order valence-electron chi connectivity index (χ4n) is 1.93. The normalized spacial score (nSPS) is 13.4. The molecule has 8 heteroatoms. The van der Waals surface area contributed by atoms with Crippen molar-refractivity contribution in [3.8, 4) is 0 Å². The molecule has 3 nitrogen and oxygen atoms in total. The van der Waals surface area contributed by atoms with Crippen molar-refractivity contribution in [2.45, 2.75) is 24.0 Å². The van der Waals surface area contributed by atoms with E-state index in [9.17, 15) is 13.2 Å². The van der Waals surface area contributed by atoms with Gasteiger partial charge in [-0.1, -0.05) is 30.7 Å². The van der Waals surface area contributed by atoms with Crippen LogP contribution in [0.2, 0.25) is 5.02 Å².